The van der Waals surface area contributed by atoms with Gasteiger partial charge in [0.15, 0.2) is 0 Å². The number of aromatic nitrogens is 1. The average Bonchev–Trinajstić information content (AvgIpc) is 2.37. The fourth-order valence-electron chi connectivity index (χ4n) is 1.78. The molecule has 1 rings (SSSR count). The third kappa shape index (κ3) is 6.87. The minimum absolute atomic E-state index is 0.0593. The quantitative estimate of drug-likeness (QED) is 0.719. The number of hydrogen-bond acceptors (Lipinski definition) is 4. The first kappa shape index (κ1) is 16.9. The van der Waals surface area contributed by atoms with Gasteiger partial charge in [-0.1, -0.05) is 0 Å². The molecule has 0 spiro atoms. The van der Waals surface area contributed by atoms with Crippen LogP contribution >= 0.6 is 0 Å². The van der Waals surface area contributed by atoms with Gasteiger partial charge in [-0.2, -0.15) is 0 Å². The first-order valence-electron chi connectivity index (χ1n) is 7.37. The van der Waals surface area contributed by atoms with Gasteiger partial charge in [-0.05, 0) is 59.1 Å². The number of nitrogens with one attached hydrogen (secondary N) is 1. The molecule has 114 valence electrons. The maximum Gasteiger partial charge on any atom is 0.142 e. The average molecular weight is 280 g/mol. The first-order valence-corrected chi connectivity index (χ1v) is 7.37. The molecular formula is C16H28N2O2. The summed E-state index contributed by atoms with van der Waals surface area (Å²) in [7, 11) is 0. The summed E-state index contributed by atoms with van der Waals surface area (Å²) in [4.78, 5) is 4.56. The third-order valence-electron chi connectivity index (χ3n) is 2.92. The van der Waals surface area contributed by atoms with Crippen LogP contribution in [0, 0.1) is 6.92 Å². The maximum absolute atomic E-state index is 8.74. The summed E-state index contributed by atoms with van der Waals surface area (Å²) in [5.41, 5.74) is 2.02. The van der Waals surface area contributed by atoms with E-state index in [1.807, 2.05) is 19.1 Å². The van der Waals surface area contributed by atoms with Crippen LogP contribution in [0.3, 0.4) is 0 Å². The number of nitrogens with zero attached hydrogens (tertiary/aromatic N) is 1. The van der Waals surface area contributed by atoms with Crippen molar-refractivity contribution in [1.29, 1.82) is 0 Å². The highest BCUT2D eigenvalue weighted by Gasteiger charge is 2.12. The van der Waals surface area contributed by atoms with Crippen LogP contribution in [0.15, 0.2) is 12.1 Å². The maximum atomic E-state index is 8.74. The SMILES string of the molecule is Cc1ccc(OCCCCCO)c(CNC(C)(C)C)n1. The van der Waals surface area contributed by atoms with Crippen LogP contribution in [0.1, 0.15) is 51.4 Å². The Hall–Kier alpha value is -1.13. The van der Waals surface area contributed by atoms with Gasteiger partial charge in [0, 0.05) is 24.4 Å². The van der Waals surface area contributed by atoms with Gasteiger partial charge < -0.3 is 15.2 Å². The molecule has 0 aliphatic rings. The Morgan fingerprint density at radius 2 is 1.95 bits per heavy atom. The highest BCUT2D eigenvalue weighted by atomic mass is 16.5. The van der Waals surface area contributed by atoms with E-state index in [2.05, 4.69) is 31.1 Å². The Labute approximate surface area is 122 Å². The normalized spacial score (nSPS) is 11.7. The van der Waals surface area contributed by atoms with E-state index in [4.69, 9.17) is 9.84 Å². The Kier molecular flexibility index (Phi) is 6.96. The number of aryl methyl sites for hydroxylation is 1. The summed E-state index contributed by atoms with van der Waals surface area (Å²) in [6, 6.07) is 3.97. The molecule has 1 aromatic rings. The van der Waals surface area contributed by atoms with Crippen molar-refractivity contribution in [3.63, 3.8) is 0 Å². The predicted octanol–water partition coefficient (Wildman–Crippen LogP) is 2.82. The number of hydrogen-bond donors (Lipinski definition) is 2. The summed E-state index contributed by atoms with van der Waals surface area (Å²) < 4.78 is 5.82. The van der Waals surface area contributed by atoms with Gasteiger partial charge in [0.1, 0.15) is 5.75 Å². The molecule has 20 heavy (non-hydrogen) atoms. The lowest BCUT2D eigenvalue weighted by Gasteiger charge is -2.21. The van der Waals surface area contributed by atoms with Crippen molar-refractivity contribution in [2.75, 3.05) is 13.2 Å². The van der Waals surface area contributed by atoms with Gasteiger partial charge >= 0.3 is 0 Å². The number of rotatable bonds is 8. The summed E-state index contributed by atoms with van der Waals surface area (Å²) in [6.45, 7) is 10.0. The van der Waals surface area contributed by atoms with Crippen molar-refractivity contribution in [3.05, 3.63) is 23.5 Å². The molecular weight excluding hydrogens is 252 g/mol. The number of aliphatic hydroxyl groups is 1. The second-order valence-corrected chi connectivity index (χ2v) is 6.13. The molecule has 0 saturated heterocycles. The Balaban J connectivity index is 2.56. The monoisotopic (exact) mass is 280 g/mol. The van der Waals surface area contributed by atoms with Crippen molar-refractivity contribution in [1.82, 2.24) is 10.3 Å². The Morgan fingerprint density at radius 3 is 2.60 bits per heavy atom. The fraction of sp³-hybridized carbons (Fsp3) is 0.688. The summed E-state index contributed by atoms with van der Waals surface area (Å²) >= 11 is 0. The second kappa shape index (κ2) is 8.22. The number of ether oxygens (including phenoxy) is 1. The van der Waals surface area contributed by atoms with Crippen molar-refractivity contribution >= 4 is 0 Å². The minimum Gasteiger partial charge on any atom is -0.492 e. The Morgan fingerprint density at radius 1 is 1.20 bits per heavy atom. The number of pyridine rings is 1. The molecule has 0 aromatic carbocycles. The van der Waals surface area contributed by atoms with Crippen molar-refractivity contribution in [3.8, 4) is 5.75 Å². The summed E-state index contributed by atoms with van der Waals surface area (Å²) in [5, 5.41) is 12.2. The van der Waals surface area contributed by atoms with Gasteiger partial charge in [-0.15, -0.1) is 0 Å². The lowest BCUT2D eigenvalue weighted by Crippen LogP contribution is -2.35. The van der Waals surface area contributed by atoms with E-state index in [9.17, 15) is 0 Å². The lowest BCUT2D eigenvalue weighted by molar-refractivity contribution is 0.264. The van der Waals surface area contributed by atoms with Crippen molar-refractivity contribution in [2.24, 2.45) is 0 Å². The van der Waals surface area contributed by atoms with Crippen LogP contribution in [-0.4, -0.2) is 28.8 Å². The van der Waals surface area contributed by atoms with E-state index >= 15 is 0 Å². The van der Waals surface area contributed by atoms with Gasteiger partial charge in [-0.25, -0.2) is 0 Å². The zero-order valence-corrected chi connectivity index (χ0v) is 13.2. The largest absolute Gasteiger partial charge is 0.492 e. The molecule has 1 heterocycles. The lowest BCUT2D eigenvalue weighted by atomic mass is 10.1. The molecule has 4 nitrogen and oxygen atoms in total. The van der Waals surface area contributed by atoms with E-state index < -0.39 is 0 Å². The predicted molar refractivity (Wildman–Crippen MR) is 82.0 cm³/mol. The highest BCUT2D eigenvalue weighted by molar-refractivity contribution is 5.29. The Bertz CT molecular complexity index is 400. The molecule has 0 unspecified atom stereocenters. The molecule has 0 amide bonds. The van der Waals surface area contributed by atoms with Crippen LogP contribution in [0.2, 0.25) is 0 Å². The second-order valence-electron chi connectivity index (χ2n) is 6.13. The van der Waals surface area contributed by atoms with Crippen LogP contribution in [0.25, 0.3) is 0 Å². The summed E-state index contributed by atoms with van der Waals surface area (Å²) in [5.74, 6) is 0.858. The molecule has 1 aromatic heterocycles. The van der Waals surface area contributed by atoms with Gasteiger partial charge in [0.25, 0.3) is 0 Å². The van der Waals surface area contributed by atoms with E-state index in [1.54, 1.807) is 0 Å². The highest BCUT2D eigenvalue weighted by Crippen LogP contribution is 2.18. The summed E-state index contributed by atoms with van der Waals surface area (Å²) in [6.07, 6.45) is 2.79. The zero-order chi connectivity index (χ0) is 15.0. The van der Waals surface area contributed by atoms with Crippen molar-refractivity contribution in [2.45, 2.75) is 59.0 Å². The van der Waals surface area contributed by atoms with Crippen LogP contribution < -0.4 is 10.1 Å². The molecule has 0 bridgehead atoms. The third-order valence-corrected chi connectivity index (χ3v) is 2.92. The standard InChI is InChI=1S/C16H28N2O2/c1-13-8-9-15(20-11-7-5-6-10-19)14(18-13)12-17-16(2,3)4/h8-9,17,19H,5-7,10-12H2,1-4H3. The molecule has 2 N–H and O–H groups in total. The van der Waals surface area contributed by atoms with Crippen LogP contribution in [-0.2, 0) is 6.54 Å². The minimum atomic E-state index is 0.0593. The number of unbranched alkanes of at least 4 members (excludes halogenated alkanes) is 2. The first-order chi connectivity index (χ1) is 9.42. The number of aliphatic hydroxyl groups excluding tert-OH is 1. The molecule has 4 heteroatoms. The van der Waals surface area contributed by atoms with Gasteiger partial charge in [-0.3, -0.25) is 4.98 Å². The van der Waals surface area contributed by atoms with Crippen LogP contribution in [0.4, 0.5) is 0 Å². The van der Waals surface area contributed by atoms with E-state index in [0.717, 1.165) is 36.4 Å². The molecule has 0 aliphatic carbocycles. The van der Waals surface area contributed by atoms with E-state index in [0.29, 0.717) is 13.2 Å². The van der Waals surface area contributed by atoms with Gasteiger partial charge in [0.05, 0.1) is 12.3 Å². The van der Waals surface area contributed by atoms with Gasteiger partial charge in [0.2, 0.25) is 0 Å². The van der Waals surface area contributed by atoms with E-state index in [-0.39, 0.29) is 12.1 Å². The van der Waals surface area contributed by atoms with Crippen LogP contribution in [0.5, 0.6) is 5.75 Å². The van der Waals surface area contributed by atoms with Crippen molar-refractivity contribution < 1.29 is 9.84 Å². The smallest absolute Gasteiger partial charge is 0.142 e. The van der Waals surface area contributed by atoms with E-state index in [1.165, 1.54) is 0 Å². The molecule has 0 radical (unpaired) electrons. The molecule has 0 aliphatic heterocycles. The molecule has 0 atom stereocenters. The molecule has 0 fully saturated rings. The topological polar surface area (TPSA) is 54.4 Å². The molecule has 0 saturated carbocycles. The zero-order valence-electron chi connectivity index (χ0n) is 13.2. The fourth-order valence-corrected chi connectivity index (χ4v) is 1.78.